The normalized spacial score (nSPS) is 11.9. The molecule has 0 aliphatic carbocycles. The van der Waals surface area contributed by atoms with Crippen LogP contribution in [0.1, 0.15) is 26.7 Å². The SMILES string of the molecule is CCCN(CC)CCNC(=O)N[C@@H](CC(=O)O)C(=O)O. The fraction of sp³-hybridized carbons (Fsp3) is 0.750. The average molecular weight is 289 g/mol. The van der Waals surface area contributed by atoms with Gasteiger partial charge >= 0.3 is 18.0 Å². The number of amides is 2. The zero-order chi connectivity index (χ0) is 15.5. The van der Waals surface area contributed by atoms with Crippen molar-refractivity contribution in [2.24, 2.45) is 0 Å². The second-order valence-electron chi connectivity index (χ2n) is 4.32. The molecule has 8 nitrogen and oxygen atoms in total. The number of carbonyl (C=O) groups excluding carboxylic acids is 1. The largest absolute Gasteiger partial charge is 0.481 e. The third-order valence-electron chi connectivity index (χ3n) is 2.68. The van der Waals surface area contributed by atoms with E-state index in [1.165, 1.54) is 0 Å². The van der Waals surface area contributed by atoms with E-state index in [1.807, 2.05) is 6.92 Å². The van der Waals surface area contributed by atoms with Crippen molar-refractivity contribution in [3.8, 4) is 0 Å². The predicted octanol–water partition coefficient (Wildman–Crippen LogP) is -0.0546. The summed E-state index contributed by atoms with van der Waals surface area (Å²) in [5.41, 5.74) is 0. The summed E-state index contributed by atoms with van der Waals surface area (Å²) < 4.78 is 0. The molecule has 0 bridgehead atoms. The summed E-state index contributed by atoms with van der Waals surface area (Å²) in [7, 11) is 0. The van der Waals surface area contributed by atoms with Gasteiger partial charge in [0.05, 0.1) is 6.42 Å². The van der Waals surface area contributed by atoms with Crippen LogP contribution in [-0.4, -0.2) is 65.3 Å². The summed E-state index contributed by atoms with van der Waals surface area (Å²) in [5.74, 6) is -2.65. The molecule has 0 aromatic heterocycles. The van der Waals surface area contributed by atoms with Crippen LogP contribution in [0.5, 0.6) is 0 Å². The van der Waals surface area contributed by atoms with Crippen LogP contribution in [0.2, 0.25) is 0 Å². The fourth-order valence-corrected chi connectivity index (χ4v) is 1.66. The molecule has 0 spiro atoms. The maximum Gasteiger partial charge on any atom is 0.326 e. The van der Waals surface area contributed by atoms with E-state index >= 15 is 0 Å². The molecule has 0 radical (unpaired) electrons. The Kier molecular flexibility index (Phi) is 9.10. The number of aliphatic carboxylic acids is 2. The van der Waals surface area contributed by atoms with Gasteiger partial charge in [-0.15, -0.1) is 0 Å². The molecule has 116 valence electrons. The van der Waals surface area contributed by atoms with Crippen molar-refractivity contribution in [3.05, 3.63) is 0 Å². The molecule has 0 rings (SSSR count). The van der Waals surface area contributed by atoms with E-state index in [4.69, 9.17) is 10.2 Å². The molecule has 0 aliphatic rings. The van der Waals surface area contributed by atoms with Gasteiger partial charge in [0, 0.05) is 13.1 Å². The van der Waals surface area contributed by atoms with E-state index in [0.29, 0.717) is 13.1 Å². The zero-order valence-corrected chi connectivity index (χ0v) is 11.9. The first-order chi connectivity index (χ1) is 9.40. The number of urea groups is 1. The average Bonchev–Trinajstić information content (AvgIpc) is 2.36. The molecule has 0 aliphatic heterocycles. The number of hydrogen-bond donors (Lipinski definition) is 4. The molecule has 0 unspecified atom stereocenters. The Morgan fingerprint density at radius 3 is 2.25 bits per heavy atom. The zero-order valence-electron chi connectivity index (χ0n) is 11.9. The van der Waals surface area contributed by atoms with E-state index in [0.717, 1.165) is 19.5 Å². The molecular formula is C12H23N3O5. The monoisotopic (exact) mass is 289 g/mol. The number of carboxylic acids is 2. The summed E-state index contributed by atoms with van der Waals surface area (Å²) in [4.78, 5) is 34.9. The second-order valence-corrected chi connectivity index (χ2v) is 4.32. The van der Waals surface area contributed by atoms with E-state index in [9.17, 15) is 14.4 Å². The molecule has 0 fully saturated rings. The molecule has 8 heteroatoms. The summed E-state index contributed by atoms with van der Waals surface area (Å²) in [5, 5.41) is 22.0. The Labute approximate surface area is 118 Å². The number of carboxylic acid groups (broad SMARTS) is 2. The maximum absolute atomic E-state index is 11.5. The molecule has 1 atom stereocenters. The minimum Gasteiger partial charge on any atom is -0.481 e. The maximum atomic E-state index is 11.5. The minimum absolute atomic E-state index is 0.374. The molecule has 0 aromatic carbocycles. The van der Waals surface area contributed by atoms with Gasteiger partial charge in [0.1, 0.15) is 6.04 Å². The van der Waals surface area contributed by atoms with Gasteiger partial charge in [-0.25, -0.2) is 9.59 Å². The molecule has 4 N–H and O–H groups in total. The number of hydrogen-bond acceptors (Lipinski definition) is 4. The van der Waals surface area contributed by atoms with E-state index < -0.39 is 30.4 Å². The van der Waals surface area contributed by atoms with Crippen molar-refractivity contribution in [1.29, 1.82) is 0 Å². The minimum atomic E-state index is -1.43. The standard InChI is InChI=1S/C12H23N3O5/c1-3-6-15(4-2)7-5-13-12(20)14-9(11(18)19)8-10(16)17/h9H,3-8H2,1-2H3,(H,16,17)(H,18,19)(H2,13,14,20)/t9-/m0/s1. The molecule has 0 saturated heterocycles. The van der Waals surface area contributed by atoms with Crippen LogP contribution in [0.4, 0.5) is 4.79 Å². The topological polar surface area (TPSA) is 119 Å². The van der Waals surface area contributed by atoms with Crippen LogP contribution in [0, 0.1) is 0 Å². The van der Waals surface area contributed by atoms with Crippen LogP contribution in [-0.2, 0) is 9.59 Å². The molecule has 0 saturated carbocycles. The van der Waals surface area contributed by atoms with Crippen molar-refractivity contribution in [1.82, 2.24) is 15.5 Å². The Hall–Kier alpha value is -1.83. The third-order valence-corrected chi connectivity index (χ3v) is 2.68. The van der Waals surface area contributed by atoms with Gasteiger partial charge in [0.25, 0.3) is 0 Å². The van der Waals surface area contributed by atoms with Crippen LogP contribution < -0.4 is 10.6 Å². The van der Waals surface area contributed by atoms with Gasteiger partial charge in [0.15, 0.2) is 0 Å². The predicted molar refractivity (Wildman–Crippen MR) is 72.6 cm³/mol. The Morgan fingerprint density at radius 1 is 1.15 bits per heavy atom. The molecule has 0 aromatic rings. The molecular weight excluding hydrogens is 266 g/mol. The first-order valence-corrected chi connectivity index (χ1v) is 6.62. The lowest BCUT2D eigenvalue weighted by Crippen LogP contribution is -2.48. The molecule has 0 heterocycles. The lowest BCUT2D eigenvalue weighted by atomic mass is 10.2. The van der Waals surface area contributed by atoms with Crippen molar-refractivity contribution in [2.75, 3.05) is 26.2 Å². The fourth-order valence-electron chi connectivity index (χ4n) is 1.66. The number of nitrogens with zero attached hydrogens (tertiary/aromatic N) is 1. The van der Waals surface area contributed by atoms with E-state index in [2.05, 4.69) is 22.5 Å². The summed E-state index contributed by atoms with van der Waals surface area (Å²) in [6, 6.07) is -2.10. The highest BCUT2D eigenvalue weighted by molar-refractivity contribution is 5.86. The first-order valence-electron chi connectivity index (χ1n) is 6.62. The number of nitrogens with one attached hydrogen (secondary N) is 2. The van der Waals surface area contributed by atoms with Crippen LogP contribution in [0.3, 0.4) is 0 Å². The van der Waals surface area contributed by atoms with Gasteiger partial charge in [-0.2, -0.15) is 0 Å². The number of carbonyl (C=O) groups is 3. The van der Waals surface area contributed by atoms with Gasteiger partial charge in [-0.3, -0.25) is 4.79 Å². The molecule has 20 heavy (non-hydrogen) atoms. The van der Waals surface area contributed by atoms with Gasteiger partial charge < -0.3 is 25.7 Å². The van der Waals surface area contributed by atoms with Crippen molar-refractivity contribution >= 4 is 18.0 Å². The third kappa shape index (κ3) is 8.30. The Morgan fingerprint density at radius 2 is 1.80 bits per heavy atom. The van der Waals surface area contributed by atoms with Gasteiger partial charge in [-0.1, -0.05) is 13.8 Å². The summed E-state index contributed by atoms with van der Waals surface area (Å²) in [6.45, 7) is 6.91. The highest BCUT2D eigenvalue weighted by Crippen LogP contribution is 1.93. The quantitative estimate of drug-likeness (QED) is 0.447. The Balaban J connectivity index is 4.07. The summed E-state index contributed by atoms with van der Waals surface area (Å²) >= 11 is 0. The van der Waals surface area contributed by atoms with Crippen LogP contribution in [0.25, 0.3) is 0 Å². The summed E-state index contributed by atoms with van der Waals surface area (Å²) in [6.07, 6.45) is 0.361. The van der Waals surface area contributed by atoms with Crippen molar-refractivity contribution in [2.45, 2.75) is 32.7 Å². The number of rotatable bonds is 10. The smallest absolute Gasteiger partial charge is 0.326 e. The van der Waals surface area contributed by atoms with Crippen molar-refractivity contribution in [3.63, 3.8) is 0 Å². The first kappa shape index (κ1) is 18.2. The molecule has 2 amide bonds. The van der Waals surface area contributed by atoms with E-state index in [1.54, 1.807) is 0 Å². The highest BCUT2D eigenvalue weighted by atomic mass is 16.4. The Bertz CT molecular complexity index is 335. The van der Waals surface area contributed by atoms with Crippen LogP contribution >= 0.6 is 0 Å². The van der Waals surface area contributed by atoms with E-state index in [-0.39, 0.29) is 0 Å². The second kappa shape index (κ2) is 10.0. The van der Waals surface area contributed by atoms with Crippen LogP contribution in [0.15, 0.2) is 0 Å². The van der Waals surface area contributed by atoms with Gasteiger partial charge in [-0.05, 0) is 19.5 Å². The van der Waals surface area contributed by atoms with Crippen molar-refractivity contribution < 1.29 is 24.6 Å². The lowest BCUT2D eigenvalue weighted by Gasteiger charge is -2.20. The highest BCUT2D eigenvalue weighted by Gasteiger charge is 2.22. The lowest BCUT2D eigenvalue weighted by molar-refractivity contribution is -0.145. The van der Waals surface area contributed by atoms with Gasteiger partial charge in [0.2, 0.25) is 0 Å². The number of likely N-dealkylation sites (N-methyl/N-ethyl adjacent to an activating group) is 1.